The Kier molecular flexibility index (Phi) is 2.96. The molecule has 1 N–H and O–H groups in total. The molecule has 0 heterocycles. The van der Waals surface area contributed by atoms with E-state index in [1.54, 1.807) is 0 Å². The lowest BCUT2D eigenvalue weighted by atomic mass is 10.1. The summed E-state index contributed by atoms with van der Waals surface area (Å²) in [5, 5.41) is 3.26. The SMILES string of the molecule is CCNc1ccc(CC)cc1.[HH]. The molecule has 1 rings (SSSR count). The van der Waals surface area contributed by atoms with Crippen molar-refractivity contribution in [3.05, 3.63) is 29.8 Å². The van der Waals surface area contributed by atoms with E-state index >= 15 is 0 Å². The van der Waals surface area contributed by atoms with Gasteiger partial charge in [-0.05, 0) is 31.0 Å². The summed E-state index contributed by atoms with van der Waals surface area (Å²) in [6, 6.07) is 8.58. The summed E-state index contributed by atoms with van der Waals surface area (Å²) in [4.78, 5) is 0. The third kappa shape index (κ3) is 2.26. The molecule has 1 aromatic carbocycles. The first-order chi connectivity index (χ1) is 5.36. The van der Waals surface area contributed by atoms with Crippen LogP contribution in [0.2, 0.25) is 0 Å². The van der Waals surface area contributed by atoms with Crippen molar-refractivity contribution in [3.63, 3.8) is 0 Å². The fourth-order valence-corrected chi connectivity index (χ4v) is 1.06. The van der Waals surface area contributed by atoms with Crippen molar-refractivity contribution in [1.82, 2.24) is 0 Å². The summed E-state index contributed by atoms with van der Waals surface area (Å²) in [7, 11) is 0. The molecular weight excluding hydrogens is 134 g/mol. The van der Waals surface area contributed by atoms with Crippen molar-refractivity contribution in [1.29, 1.82) is 0 Å². The van der Waals surface area contributed by atoms with Gasteiger partial charge in [0.05, 0.1) is 0 Å². The van der Waals surface area contributed by atoms with Crippen LogP contribution < -0.4 is 5.32 Å². The molecule has 0 aliphatic heterocycles. The first-order valence-electron chi connectivity index (χ1n) is 4.19. The minimum Gasteiger partial charge on any atom is -0.385 e. The first-order valence-corrected chi connectivity index (χ1v) is 4.19. The predicted molar refractivity (Wildman–Crippen MR) is 52.1 cm³/mol. The second-order valence-electron chi connectivity index (χ2n) is 2.58. The van der Waals surface area contributed by atoms with E-state index in [2.05, 4.69) is 43.4 Å². The number of benzene rings is 1. The average molecular weight is 151 g/mol. The fourth-order valence-electron chi connectivity index (χ4n) is 1.06. The molecule has 0 aromatic heterocycles. The molecule has 0 atom stereocenters. The van der Waals surface area contributed by atoms with Crippen LogP contribution in [0.5, 0.6) is 0 Å². The van der Waals surface area contributed by atoms with Crippen molar-refractivity contribution >= 4 is 5.69 Å². The van der Waals surface area contributed by atoms with E-state index in [9.17, 15) is 0 Å². The monoisotopic (exact) mass is 151 g/mol. The number of rotatable bonds is 3. The van der Waals surface area contributed by atoms with Crippen LogP contribution in [0.4, 0.5) is 5.69 Å². The lowest BCUT2D eigenvalue weighted by Gasteiger charge is -2.02. The van der Waals surface area contributed by atoms with Crippen LogP contribution in [-0.2, 0) is 6.42 Å². The molecule has 62 valence electrons. The van der Waals surface area contributed by atoms with Gasteiger partial charge in [-0.1, -0.05) is 19.1 Å². The average Bonchev–Trinajstić information content (AvgIpc) is 2.07. The molecule has 0 aliphatic carbocycles. The van der Waals surface area contributed by atoms with Crippen LogP contribution in [0.1, 0.15) is 20.8 Å². The highest BCUT2D eigenvalue weighted by atomic mass is 14.8. The number of hydrogen-bond acceptors (Lipinski definition) is 1. The Morgan fingerprint density at radius 3 is 2.27 bits per heavy atom. The van der Waals surface area contributed by atoms with E-state index in [-0.39, 0.29) is 1.43 Å². The highest BCUT2D eigenvalue weighted by Gasteiger charge is 1.89. The Morgan fingerprint density at radius 2 is 1.82 bits per heavy atom. The van der Waals surface area contributed by atoms with Gasteiger partial charge in [-0.3, -0.25) is 0 Å². The molecule has 0 amide bonds. The van der Waals surface area contributed by atoms with Gasteiger partial charge in [0.1, 0.15) is 0 Å². The lowest BCUT2D eigenvalue weighted by molar-refractivity contribution is 1.13. The Balaban J connectivity index is 0.00000121. The highest BCUT2D eigenvalue weighted by Crippen LogP contribution is 2.08. The highest BCUT2D eigenvalue weighted by molar-refractivity contribution is 5.44. The third-order valence-electron chi connectivity index (χ3n) is 1.74. The first kappa shape index (κ1) is 8.12. The van der Waals surface area contributed by atoms with E-state index in [0.29, 0.717) is 0 Å². The largest absolute Gasteiger partial charge is 0.385 e. The zero-order chi connectivity index (χ0) is 8.10. The number of anilines is 1. The van der Waals surface area contributed by atoms with Crippen LogP contribution in [0.25, 0.3) is 0 Å². The summed E-state index contributed by atoms with van der Waals surface area (Å²) < 4.78 is 0. The topological polar surface area (TPSA) is 12.0 Å². The fraction of sp³-hybridized carbons (Fsp3) is 0.400. The predicted octanol–water partition coefficient (Wildman–Crippen LogP) is 2.93. The molecule has 0 saturated heterocycles. The summed E-state index contributed by atoms with van der Waals surface area (Å²) in [6.45, 7) is 5.27. The summed E-state index contributed by atoms with van der Waals surface area (Å²) >= 11 is 0. The summed E-state index contributed by atoms with van der Waals surface area (Å²) in [5.41, 5.74) is 2.61. The molecule has 11 heavy (non-hydrogen) atoms. The van der Waals surface area contributed by atoms with E-state index in [1.165, 1.54) is 11.3 Å². The van der Waals surface area contributed by atoms with Crippen LogP contribution >= 0.6 is 0 Å². The summed E-state index contributed by atoms with van der Waals surface area (Å²) in [6.07, 6.45) is 1.12. The Labute approximate surface area is 69.9 Å². The maximum Gasteiger partial charge on any atom is 0.0340 e. The van der Waals surface area contributed by atoms with Gasteiger partial charge in [0.25, 0.3) is 0 Å². The molecule has 0 saturated carbocycles. The maximum absolute atomic E-state index is 3.26. The quantitative estimate of drug-likeness (QED) is 0.700. The molecule has 0 fully saturated rings. The van der Waals surface area contributed by atoms with Gasteiger partial charge in [-0.25, -0.2) is 0 Å². The van der Waals surface area contributed by atoms with Crippen LogP contribution in [0.15, 0.2) is 24.3 Å². The second kappa shape index (κ2) is 4.02. The molecule has 0 aliphatic rings. The van der Waals surface area contributed by atoms with E-state index < -0.39 is 0 Å². The molecule has 0 spiro atoms. The Morgan fingerprint density at radius 1 is 1.18 bits per heavy atom. The van der Waals surface area contributed by atoms with Gasteiger partial charge in [0.2, 0.25) is 0 Å². The summed E-state index contributed by atoms with van der Waals surface area (Å²) in [5.74, 6) is 0. The molecule has 0 radical (unpaired) electrons. The van der Waals surface area contributed by atoms with Crippen LogP contribution in [0.3, 0.4) is 0 Å². The van der Waals surface area contributed by atoms with Crippen molar-refractivity contribution in [2.45, 2.75) is 20.3 Å². The van der Waals surface area contributed by atoms with Gasteiger partial charge in [-0.2, -0.15) is 0 Å². The Hall–Kier alpha value is -0.980. The second-order valence-corrected chi connectivity index (χ2v) is 2.58. The van der Waals surface area contributed by atoms with E-state index in [0.717, 1.165) is 13.0 Å². The Bertz CT molecular complexity index is 206. The third-order valence-corrected chi connectivity index (χ3v) is 1.74. The van der Waals surface area contributed by atoms with Crippen molar-refractivity contribution < 1.29 is 1.43 Å². The minimum absolute atomic E-state index is 0. The van der Waals surface area contributed by atoms with Gasteiger partial charge in [0, 0.05) is 13.7 Å². The number of hydrogen-bond donors (Lipinski definition) is 1. The van der Waals surface area contributed by atoms with E-state index in [4.69, 9.17) is 0 Å². The van der Waals surface area contributed by atoms with Crippen molar-refractivity contribution in [2.24, 2.45) is 0 Å². The maximum atomic E-state index is 3.26. The molecule has 1 heteroatoms. The molecule has 1 nitrogen and oxygen atoms in total. The van der Waals surface area contributed by atoms with Crippen molar-refractivity contribution in [3.8, 4) is 0 Å². The van der Waals surface area contributed by atoms with Crippen molar-refractivity contribution in [2.75, 3.05) is 11.9 Å². The number of nitrogens with one attached hydrogen (secondary N) is 1. The smallest absolute Gasteiger partial charge is 0.0340 e. The molecule has 1 aromatic rings. The molecule has 0 bridgehead atoms. The lowest BCUT2D eigenvalue weighted by Crippen LogP contribution is -1.95. The standard InChI is InChI=1S/C10H15N.H2/c1-3-9-5-7-10(8-6-9)11-4-2;/h5-8,11H,3-4H2,1-2H3;1H. The molecule has 0 unspecified atom stereocenters. The van der Waals surface area contributed by atoms with Gasteiger partial charge in [-0.15, -0.1) is 0 Å². The number of aryl methyl sites for hydroxylation is 1. The minimum atomic E-state index is 0. The molecular formula is C10H17N. The van der Waals surface area contributed by atoms with Gasteiger partial charge >= 0.3 is 0 Å². The van der Waals surface area contributed by atoms with E-state index in [1.807, 2.05) is 0 Å². The van der Waals surface area contributed by atoms with Crippen LogP contribution in [0, 0.1) is 0 Å². The van der Waals surface area contributed by atoms with Gasteiger partial charge < -0.3 is 5.32 Å². The zero-order valence-electron chi connectivity index (χ0n) is 7.22. The normalized spacial score (nSPS) is 9.64. The van der Waals surface area contributed by atoms with Gasteiger partial charge in [0.15, 0.2) is 0 Å². The zero-order valence-corrected chi connectivity index (χ0v) is 7.22. The van der Waals surface area contributed by atoms with Crippen LogP contribution in [-0.4, -0.2) is 6.54 Å².